The molecular formula is C15H12Br2Cl2O2. The van der Waals surface area contributed by atoms with E-state index in [9.17, 15) is 0 Å². The van der Waals surface area contributed by atoms with E-state index in [1.807, 2.05) is 24.3 Å². The Bertz CT molecular complexity index is 662. The van der Waals surface area contributed by atoms with Crippen molar-refractivity contribution in [2.45, 2.75) is 4.83 Å². The maximum atomic E-state index is 6.29. The van der Waals surface area contributed by atoms with Gasteiger partial charge in [0.15, 0.2) is 0 Å². The standard InChI is InChI=1S/C15H12Br2Cl2O2/c1-20-11-7-6-9(15(21-2)13(11)17)12(16)8-4-3-5-10(18)14(8)19/h3-7,12H,1-2H3. The Morgan fingerprint density at radius 1 is 1.00 bits per heavy atom. The molecule has 21 heavy (non-hydrogen) atoms. The van der Waals surface area contributed by atoms with Crippen LogP contribution < -0.4 is 9.47 Å². The van der Waals surface area contributed by atoms with Crippen molar-refractivity contribution in [1.29, 1.82) is 0 Å². The van der Waals surface area contributed by atoms with Gasteiger partial charge in [0.1, 0.15) is 16.0 Å². The van der Waals surface area contributed by atoms with Gasteiger partial charge in [0.2, 0.25) is 0 Å². The highest BCUT2D eigenvalue weighted by Crippen LogP contribution is 2.46. The van der Waals surface area contributed by atoms with E-state index in [-0.39, 0.29) is 4.83 Å². The molecule has 0 saturated carbocycles. The number of alkyl halides is 1. The SMILES string of the molecule is COc1ccc(C(Br)c2cccc(Cl)c2Cl)c(OC)c1Br. The van der Waals surface area contributed by atoms with Crippen LogP contribution in [0.1, 0.15) is 16.0 Å². The van der Waals surface area contributed by atoms with E-state index in [1.54, 1.807) is 20.3 Å². The van der Waals surface area contributed by atoms with Gasteiger partial charge in [0.05, 0.1) is 29.1 Å². The minimum Gasteiger partial charge on any atom is -0.495 e. The molecule has 1 unspecified atom stereocenters. The quantitative estimate of drug-likeness (QED) is 0.508. The van der Waals surface area contributed by atoms with E-state index < -0.39 is 0 Å². The first kappa shape index (κ1) is 16.9. The maximum Gasteiger partial charge on any atom is 0.141 e. The average Bonchev–Trinajstić information content (AvgIpc) is 2.49. The average molecular weight is 455 g/mol. The van der Waals surface area contributed by atoms with Gasteiger partial charge in [0, 0.05) is 5.56 Å². The van der Waals surface area contributed by atoms with E-state index >= 15 is 0 Å². The minimum absolute atomic E-state index is 0.152. The van der Waals surface area contributed by atoms with Crippen LogP contribution in [-0.2, 0) is 0 Å². The first-order valence-electron chi connectivity index (χ1n) is 5.99. The van der Waals surface area contributed by atoms with Gasteiger partial charge in [-0.05, 0) is 33.6 Å². The highest BCUT2D eigenvalue weighted by Gasteiger charge is 2.22. The van der Waals surface area contributed by atoms with Crippen molar-refractivity contribution in [2.75, 3.05) is 14.2 Å². The fourth-order valence-corrected chi connectivity index (χ4v) is 3.98. The van der Waals surface area contributed by atoms with Gasteiger partial charge in [-0.25, -0.2) is 0 Å². The van der Waals surface area contributed by atoms with Gasteiger partial charge in [-0.2, -0.15) is 0 Å². The van der Waals surface area contributed by atoms with Crippen molar-refractivity contribution in [3.63, 3.8) is 0 Å². The molecule has 2 aromatic rings. The summed E-state index contributed by atoms with van der Waals surface area (Å²) in [5.74, 6) is 1.39. The van der Waals surface area contributed by atoms with E-state index in [4.69, 9.17) is 32.7 Å². The van der Waals surface area contributed by atoms with Crippen LogP contribution in [-0.4, -0.2) is 14.2 Å². The molecule has 0 heterocycles. The van der Waals surface area contributed by atoms with E-state index in [0.29, 0.717) is 21.5 Å². The summed E-state index contributed by atoms with van der Waals surface area (Å²) in [5.41, 5.74) is 1.80. The molecule has 0 amide bonds. The van der Waals surface area contributed by atoms with Crippen molar-refractivity contribution < 1.29 is 9.47 Å². The first-order valence-corrected chi connectivity index (χ1v) is 8.46. The van der Waals surface area contributed by atoms with Gasteiger partial charge in [0.25, 0.3) is 0 Å². The van der Waals surface area contributed by atoms with Gasteiger partial charge < -0.3 is 9.47 Å². The molecule has 2 nitrogen and oxygen atoms in total. The number of ether oxygens (including phenoxy) is 2. The van der Waals surface area contributed by atoms with Crippen LogP contribution in [0.5, 0.6) is 11.5 Å². The molecule has 0 fully saturated rings. The van der Waals surface area contributed by atoms with Gasteiger partial charge >= 0.3 is 0 Å². The zero-order valence-corrected chi connectivity index (χ0v) is 16.0. The molecule has 2 aromatic carbocycles. The Kier molecular flexibility index (Phi) is 5.83. The van der Waals surface area contributed by atoms with Crippen LogP contribution in [0.15, 0.2) is 34.8 Å². The van der Waals surface area contributed by atoms with Crippen molar-refractivity contribution in [2.24, 2.45) is 0 Å². The predicted octanol–water partition coefficient (Wildman–Crippen LogP) is 6.26. The third-order valence-corrected chi connectivity index (χ3v) is 5.61. The van der Waals surface area contributed by atoms with Crippen molar-refractivity contribution in [3.05, 3.63) is 56.0 Å². The lowest BCUT2D eigenvalue weighted by Crippen LogP contribution is -2.00. The Morgan fingerprint density at radius 2 is 1.71 bits per heavy atom. The van der Waals surface area contributed by atoms with Gasteiger partial charge in [-0.3, -0.25) is 0 Å². The Morgan fingerprint density at radius 3 is 2.33 bits per heavy atom. The summed E-state index contributed by atoms with van der Waals surface area (Å²) in [6, 6.07) is 9.34. The molecule has 0 bridgehead atoms. The van der Waals surface area contributed by atoms with Crippen molar-refractivity contribution in [3.8, 4) is 11.5 Å². The van der Waals surface area contributed by atoms with Crippen LogP contribution >= 0.6 is 55.1 Å². The van der Waals surface area contributed by atoms with Crippen LogP contribution in [0.2, 0.25) is 10.0 Å². The van der Waals surface area contributed by atoms with Gasteiger partial charge in [-0.15, -0.1) is 0 Å². The van der Waals surface area contributed by atoms with E-state index in [1.165, 1.54) is 0 Å². The molecule has 1 atom stereocenters. The third kappa shape index (κ3) is 3.34. The Balaban J connectivity index is 2.56. The summed E-state index contributed by atoms with van der Waals surface area (Å²) in [6.45, 7) is 0. The topological polar surface area (TPSA) is 18.5 Å². The number of hydrogen-bond acceptors (Lipinski definition) is 2. The summed E-state index contributed by atoms with van der Waals surface area (Å²) >= 11 is 19.5. The monoisotopic (exact) mass is 452 g/mol. The molecule has 0 N–H and O–H groups in total. The molecular weight excluding hydrogens is 443 g/mol. The van der Waals surface area contributed by atoms with Crippen LogP contribution in [0.25, 0.3) is 0 Å². The molecule has 0 radical (unpaired) electrons. The van der Waals surface area contributed by atoms with Crippen LogP contribution in [0.4, 0.5) is 0 Å². The number of hydrogen-bond donors (Lipinski definition) is 0. The third-order valence-electron chi connectivity index (χ3n) is 3.04. The second kappa shape index (κ2) is 7.23. The minimum atomic E-state index is -0.152. The number of methoxy groups -OCH3 is 2. The summed E-state index contributed by atoms with van der Waals surface area (Å²) < 4.78 is 11.5. The molecule has 0 saturated heterocycles. The predicted molar refractivity (Wildman–Crippen MR) is 94.5 cm³/mol. The zero-order chi connectivity index (χ0) is 15.6. The fraction of sp³-hybridized carbons (Fsp3) is 0.200. The fourth-order valence-electron chi connectivity index (χ4n) is 2.00. The molecule has 6 heteroatoms. The lowest BCUT2D eigenvalue weighted by atomic mass is 10.0. The van der Waals surface area contributed by atoms with E-state index in [0.717, 1.165) is 15.6 Å². The molecule has 0 aliphatic rings. The summed E-state index contributed by atoms with van der Waals surface area (Å²) in [6.07, 6.45) is 0. The first-order chi connectivity index (χ1) is 10.0. The summed E-state index contributed by atoms with van der Waals surface area (Å²) in [7, 11) is 3.22. The largest absolute Gasteiger partial charge is 0.495 e. The van der Waals surface area contributed by atoms with Gasteiger partial charge in [-0.1, -0.05) is 57.3 Å². The zero-order valence-electron chi connectivity index (χ0n) is 11.3. The highest BCUT2D eigenvalue weighted by molar-refractivity contribution is 9.10. The number of benzene rings is 2. The lowest BCUT2D eigenvalue weighted by molar-refractivity contribution is 0.386. The molecule has 0 aliphatic heterocycles. The highest BCUT2D eigenvalue weighted by atomic mass is 79.9. The molecule has 0 aliphatic carbocycles. The van der Waals surface area contributed by atoms with Crippen molar-refractivity contribution in [1.82, 2.24) is 0 Å². The molecule has 112 valence electrons. The number of rotatable bonds is 4. The Labute approximate surface area is 150 Å². The Hall–Kier alpha value is -0.420. The van der Waals surface area contributed by atoms with E-state index in [2.05, 4.69) is 31.9 Å². The summed E-state index contributed by atoms with van der Waals surface area (Å²) in [5, 5.41) is 1.04. The molecule has 0 aromatic heterocycles. The molecule has 2 rings (SSSR count). The lowest BCUT2D eigenvalue weighted by Gasteiger charge is -2.18. The second-order valence-electron chi connectivity index (χ2n) is 4.21. The second-order valence-corrected chi connectivity index (χ2v) is 6.70. The van der Waals surface area contributed by atoms with Crippen LogP contribution in [0, 0.1) is 0 Å². The van der Waals surface area contributed by atoms with Crippen LogP contribution in [0.3, 0.4) is 0 Å². The normalized spacial score (nSPS) is 12.1. The maximum absolute atomic E-state index is 6.29. The smallest absolute Gasteiger partial charge is 0.141 e. The van der Waals surface area contributed by atoms with Crippen molar-refractivity contribution >= 4 is 55.1 Å². The molecule has 0 spiro atoms. The summed E-state index contributed by atoms with van der Waals surface area (Å²) in [4.78, 5) is -0.152. The number of halogens is 4.